The number of rotatable bonds is 6. The molecular formula is C20H40O2. The zero-order chi connectivity index (χ0) is 17.0. The molecule has 0 saturated heterocycles. The molecule has 1 rings (SSSR count). The first kappa shape index (κ1) is 20.0. The molecule has 1 saturated carbocycles. The van der Waals surface area contributed by atoms with Crippen molar-refractivity contribution in [2.45, 2.75) is 118 Å². The summed E-state index contributed by atoms with van der Waals surface area (Å²) in [7, 11) is 0. The molecule has 2 atom stereocenters. The van der Waals surface area contributed by atoms with Crippen molar-refractivity contribution in [3.05, 3.63) is 0 Å². The Morgan fingerprint density at radius 2 is 1.09 bits per heavy atom. The summed E-state index contributed by atoms with van der Waals surface area (Å²) in [6.07, 6.45) is 8.45. The molecule has 2 unspecified atom stereocenters. The van der Waals surface area contributed by atoms with Gasteiger partial charge in [0.2, 0.25) is 0 Å². The van der Waals surface area contributed by atoms with Crippen molar-refractivity contribution < 1.29 is 9.47 Å². The van der Waals surface area contributed by atoms with Crippen LogP contribution in [0.2, 0.25) is 0 Å². The van der Waals surface area contributed by atoms with Gasteiger partial charge in [0.25, 0.3) is 0 Å². The van der Waals surface area contributed by atoms with Crippen LogP contribution in [0.3, 0.4) is 0 Å². The van der Waals surface area contributed by atoms with Gasteiger partial charge in [-0.2, -0.15) is 0 Å². The van der Waals surface area contributed by atoms with Gasteiger partial charge in [0.15, 0.2) is 5.79 Å². The van der Waals surface area contributed by atoms with Crippen molar-refractivity contribution in [2.24, 2.45) is 10.8 Å². The molecule has 0 spiro atoms. The molecule has 1 fully saturated rings. The number of hydrogen-bond donors (Lipinski definition) is 0. The highest BCUT2D eigenvalue weighted by molar-refractivity contribution is 4.85. The summed E-state index contributed by atoms with van der Waals surface area (Å²) in [6.45, 7) is 18.1. The smallest absolute Gasteiger partial charge is 0.169 e. The predicted molar refractivity (Wildman–Crippen MR) is 95.1 cm³/mol. The lowest BCUT2D eigenvalue weighted by molar-refractivity contribution is -0.314. The molecule has 0 aliphatic heterocycles. The van der Waals surface area contributed by atoms with Gasteiger partial charge in [-0.1, -0.05) is 61.8 Å². The van der Waals surface area contributed by atoms with Gasteiger partial charge in [0, 0.05) is 12.8 Å². The zero-order valence-corrected chi connectivity index (χ0v) is 16.4. The van der Waals surface area contributed by atoms with Crippen LogP contribution in [-0.2, 0) is 9.47 Å². The maximum atomic E-state index is 6.70. The highest BCUT2D eigenvalue weighted by atomic mass is 16.7. The highest BCUT2D eigenvalue weighted by Crippen LogP contribution is 2.41. The lowest BCUT2D eigenvalue weighted by Crippen LogP contribution is -2.49. The molecule has 0 heterocycles. The topological polar surface area (TPSA) is 18.5 Å². The van der Waals surface area contributed by atoms with Gasteiger partial charge >= 0.3 is 0 Å². The van der Waals surface area contributed by atoms with E-state index in [-0.39, 0.29) is 28.8 Å². The van der Waals surface area contributed by atoms with Crippen LogP contribution in [-0.4, -0.2) is 18.0 Å². The van der Waals surface area contributed by atoms with Crippen molar-refractivity contribution in [3.63, 3.8) is 0 Å². The quantitative estimate of drug-likeness (QED) is 0.533. The van der Waals surface area contributed by atoms with E-state index in [0.717, 1.165) is 25.7 Å². The van der Waals surface area contributed by atoms with Gasteiger partial charge < -0.3 is 9.47 Å². The van der Waals surface area contributed by atoms with Crippen LogP contribution in [0, 0.1) is 10.8 Å². The fraction of sp³-hybridized carbons (Fsp3) is 1.00. The summed E-state index contributed by atoms with van der Waals surface area (Å²) in [5, 5.41) is 0. The van der Waals surface area contributed by atoms with E-state index in [0.29, 0.717) is 0 Å². The normalized spacial score (nSPS) is 22.4. The molecular weight excluding hydrogens is 272 g/mol. The SMILES string of the molecule is CCC(OC1(OC(CC)C(C)(C)C)CCCCC1)C(C)(C)C. The van der Waals surface area contributed by atoms with Crippen LogP contribution in [0.15, 0.2) is 0 Å². The predicted octanol–water partition coefficient (Wildman–Crippen LogP) is 6.33. The second-order valence-corrected chi connectivity index (χ2v) is 9.23. The van der Waals surface area contributed by atoms with Crippen LogP contribution in [0.4, 0.5) is 0 Å². The van der Waals surface area contributed by atoms with E-state index in [1.807, 2.05) is 0 Å². The number of ether oxygens (including phenoxy) is 2. The summed E-state index contributed by atoms with van der Waals surface area (Å²) >= 11 is 0. The van der Waals surface area contributed by atoms with E-state index in [4.69, 9.17) is 9.47 Å². The Morgan fingerprint density at radius 1 is 0.727 bits per heavy atom. The molecule has 2 heteroatoms. The fourth-order valence-electron chi connectivity index (χ4n) is 3.62. The first-order valence-corrected chi connectivity index (χ1v) is 9.39. The first-order chi connectivity index (χ1) is 10.0. The molecule has 0 aromatic carbocycles. The molecule has 0 N–H and O–H groups in total. The van der Waals surface area contributed by atoms with E-state index < -0.39 is 0 Å². The van der Waals surface area contributed by atoms with Crippen molar-refractivity contribution in [2.75, 3.05) is 0 Å². The van der Waals surface area contributed by atoms with Gasteiger partial charge in [0.1, 0.15) is 0 Å². The van der Waals surface area contributed by atoms with E-state index in [2.05, 4.69) is 55.4 Å². The Balaban J connectivity index is 2.94. The molecule has 1 aliphatic carbocycles. The van der Waals surface area contributed by atoms with E-state index in [9.17, 15) is 0 Å². The minimum Gasteiger partial charge on any atom is -0.346 e. The maximum absolute atomic E-state index is 6.70. The minimum atomic E-state index is -0.361. The van der Waals surface area contributed by atoms with Gasteiger partial charge in [0.05, 0.1) is 12.2 Å². The van der Waals surface area contributed by atoms with Crippen LogP contribution in [0.1, 0.15) is 100 Å². The summed E-state index contributed by atoms with van der Waals surface area (Å²) in [5.41, 5.74) is 0.317. The third kappa shape index (κ3) is 5.53. The van der Waals surface area contributed by atoms with Crippen molar-refractivity contribution in [3.8, 4) is 0 Å². The average molecular weight is 313 g/mol. The molecule has 0 aromatic heterocycles. The standard InChI is InChI=1S/C20H40O2/c1-9-16(18(3,4)5)21-20(14-12-11-13-15-20)22-17(10-2)19(6,7)8/h16-17H,9-15H2,1-8H3. The largest absolute Gasteiger partial charge is 0.346 e. The summed E-state index contributed by atoms with van der Waals surface area (Å²) in [4.78, 5) is 0. The lowest BCUT2D eigenvalue weighted by atomic mass is 9.85. The summed E-state index contributed by atoms with van der Waals surface area (Å²) in [6, 6.07) is 0. The second kappa shape index (κ2) is 7.66. The number of hydrogen-bond acceptors (Lipinski definition) is 2. The van der Waals surface area contributed by atoms with Gasteiger partial charge in [-0.3, -0.25) is 0 Å². The third-order valence-electron chi connectivity index (χ3n) is 5.00. The highest BCUT2D eigenvalue weighted by Gasteiger charge is 2.42. The summed E-state index contributed by atoms with van der Waals surface area (Å²) < 4.78 is 13.4. The minimum absolute atomic E-state index is 0.159. The van der Waals surface area contributed by atoms with Gasteiger partial charge in [-0.05, 0) is 36.5 Å². The Labute approximate surface area is 139 Å². The fourth-order valence-corrected chi connectivity index (χ4v) is 3.62. The Morgan fingerprint density at radius 3 is 1.36 bits per heavy atom. The molecule has 1 aliphatic rings. The molecule has 132 valence electrons. The molecule has 0 amide bonds. The van der Waals surface area contributed by atoms with Crippen molar-refractivity contribution >= 4 is 0 Å². The zero-order valence-electron chi connectivity index (χ0n) is 16.4. The molecule has 22 heavy (non-hydrogen) atoms. The Hall–Kier alpha value is -0.0800. The van der Waals surface area contributed by atoms with Crippen LogP contribution in [0.25, 0.3) is 0 Å². The Bertz CT molecular complexity index is 290. The molecule has 2 nitrogen and oxygen atoms in total. The van der Waals surface area contributed by atoms with E-state index in [1.54, 1.807) is 0 Å². The maximum Gasteiger partial charge on any atom is 0.169 e. The van der Waals surface area contributed by atoms with Crippen molar-refractivity contribution in [1.82, 2.24) is 0 Å². The first-order valence-electron chi connectivity index (χ1n) is 9.39. The van der Waals surface area contributed by atoms with E-state index >= 15 is 0 Å². The second-order valence-electron chi connectivity index (χ2n) is 9.23. The lowest BCUT2D eigenvalue weighted by Gasteiger charge is -2.46. The van der Waals surface area contributed by atoms with Crippen molar-refractivity contribution in [1.29, 1.82) is 0 Å². The van der Waals surface area contributed by atoms with Crippen LogP contribution in [0.5, 0.6) is 0 Å². The van der Waals surface area contributed by atoms with Gasteiger partial charge in [-0.15, -0.1) is 0 Å². The van der Waals surface area contributed by atoms with Crippen LogP contribution >= 0.6 is 0 Å². The Kier molecular flexibility index (Phi) is 6.95. The molecule has 0 radical (unpaired) electrons. The monoisotopic (exact) mass is 312 g/mol. The molecule has 0 bridgehead atoms. The summed E-state index contributed by atoms with van der Waals surface area (Å²) in [5.74, 6) is -0.361. The average Bonchev–Trinajstić information content (AvgIpc) is 2.41. The van der Waals surface area contributed by atoms with Crippen LogP contribution < -0.4 is 0 Å². The van der Waals surface area contributed by atoms with Gasteiger partial charge in [-0.25, -0.2) is 0 Å². The van der Waals surface area contributed by atoms with E-state index in [1.165, 1.54) is 19.3 Å². The molecule has 0 aromatic rings. The third-order valence-corrected chi connectivity index (χ3v) is 5.00.